The number of rotatable bonds is 8. The largest absolute Gasteiger partial charge is 0.508 e. The van der Waals surface area contributed by atoms with Gasteiger partial charge in [-0.15, -0.1) is 0 Å². The molecule has 0 aliphatic carbocycles. The highest BCUT2D eigenvalue weighted by Crippen LogP contribution is 2.27. The molecule has 0 spiro atoms. The summed E-state index contributed by atoms with van der Waals surface area (Å²) in [4.78, 5) is 12.0. The van der Waals surface area contributed by atoms with Gasteiger partial charge in [0.05, 0.1) is 12.5 Å². The number of carbonyl (C=O) groups is 1. The van der Waals surface area contributed by atoms with E-state index in [1.54, 1.807) is 12.1 Å². The average molecular weight is 327 g/mol. The summed E-state index contributed by atoms with van der Waals surface area (Å²) in [6.45, 7) is 6.74. The summed E-state index contributed by atoms with van der Waals surface area (Å²) in [5.74, 6) is 0.425. The van der Waals surface area contributed by atoms with Gasteiger partial charge in [-0.2, -0.15) is 0 Å². The van der Waals surface area contributed by atoms with Gasteiger partial charge in [0, 0.05) is 0 Å². The first-order valence-electron chi connectivity index (χ1n) is 7.54. The number of phenolic OH excluding ortho intramolecular Hbond substituents is 1. The number of benzene rings is 1. The molecule has 0 fully saturated rings. The Morgan fingerprint density at radius 1 is 1.13 bits per heavy atom. The summed E-state index contributed by atoms with van der Waals surface area (Å²) in [7, 11) is 0. The normalized spacial score (nSPS) is 12.0. The van der Waals surface area contributed by atoms with Gasteiger partial charge in [-0.1, -0.05) is 61.6 Å². The third-order valence-corrected chi connectivity index (χ3v) is 3.67. The van der Waals surface area contributed by atoms with Crippen LogP contribution in [0.3, 0.4) is 0 Å². The molecule has 0 aliphatic heterocycles. The first kappa shape index (κ1) is 26.4. The summed E-state index contributed by atoms with van der Waals surface area (Å²) in [6.07, 6.45) is 3.54. The minimum absolute atomic E-state index is 0. The molecule has 0 aliphatic rings. The molecule has 0 saturated carbocycles. The molecule has 1 rings (SSSR count). The smallest absolute Gasteiger partial charge is 0.308 e. The molecule has 0 aromatic heterocycles. The molecule has 2 unspecified atom stereocenters. The predicted molar refractivity (Wildman–Crippen MR) is 101 cm³/mol. The van der Waals surface area contributed by atoms with E-state index >= 15 is 0 Å². The zero-order valence-corrected chi connectivity index (χ0v) is 12.8. The van der Waals surface area contributed by atoms with Gasteiger partial charge in [-0.3, -0.25) is 4.79 Å². The van der Waals surface area contributed by atoms with Gasteiger partial charge >= 0.3 is 5.97 Å². The molecule has 23 heavy (non-hydrogen) atoms. The van der Waals surface area contributed by atoms with Gasteiger partial charge in [0.25, 0.3) is 0 Å². The lowest BCUT2D eigenvalue weighted by Gasteiger charge is -2.19. The summed E-state index contributed by atoms with van der Waals surface area (Å²) in [5.41, 5.74) is 1.14. The van der Waals surface area contributed by atoms with Crippen LogP contribution in [0.1, 0.15) is 80.2 Å². The topological polar surface area (TPSA) is 46.5 Å². The number of esters is 1. The summed E-state index contributed by atoms with van der Waals surface area (Å²) < 4.78 is 5.31. The van der Waals surface area contributed by atoms with Gasteiger partial charge in [0.2, 0.25) is 0 Å². The first-order chi connectivity index (χ1) is 9.58. The number of carbonyl (C=O) groups excluding carboxylic acids is 1. The lowest BCUT2D eigenvalue weighted by atomic mass is 9.89. The van der Waals surface area contributed by atoms with Crippen molar-refractivity contribution in [2.24, 2.45) is 5.92 Å². The van der Waals surface area contributed by atoms with Crippen molar-refractivity contribution in [3.05, 3.63) is 29.8 Å². The van der Waals surface area contributed by atoms with Crippen molar-refractivity contribution in [1.82, 2.24) is 0 Å². The van der Waals surface area contributed by atoms with E-state index in [-0.39, 0.29) is 45.8 Å². The van der Waals surface area contributed by atoms with E-state index in [9.17, 15) is 9.90 Å². The van der Waals surface area contributed by atoms with Crippen molar-refractivity contribution in [2.75, 3.05) is 6.61 Å². The fourth-order valence-electron chi connectivity index (χ4n) is 2.23. The van der Waals surface area contributed by atoms with Crippen molar-refractivity contribution < 1.29 is 14.6 Å². The number of ether oxygens (including phenoxy) is 1. The Morgan fingerprint density at radius 3 is 2.17 bits per heavy atom. The molecule has 3 nitrogen and oxygen atoms in total. The molecule has 0 bridgehead atoms. The van der Waals surface area contributed by atoms with Crippen molar-refractivity contribution in [3.63, 3.8) is 0 Å². The maximum atomic E-state index is 12.0. The lowest BCUT2D eigenvalue weighted by Crippen LogP contribution is -2.19. The molecule has 3 heteroatoms. The highest BCUT2D eigenvalue weighted by Gasteiger charge is 2.21. The van der Waals surface area contributed by atoms with Crippen LogP contribution < -0.4 is 0 Å². The molecule has 136 valence electrons. The Morgan fingerprint density at radius 2 is 1.70 bits per heavy atom. The van der Waals surface area contributed by atoms with Crippen LogP contribution in [0.25, 0.3) is 0 Å². The number of phenols is 1. The second-order valence-corrected chi connectivity index (χ2v) is 5.35. The van der Waals surface area contributed by atoms with Crippen LogP contribution in [0.15, 0.2) is 24.3 Å². The maximum Gasteiger partial charge on any atom is 0.308 e. The highest BCUT2D eigenvalue weighted by molar-refractivity contribution is 5.72. The van der Waals surface area contributed by atoms with Crippen molar-refractivity contribution >= 4 is 5.97 Å². The van der Waals surface area contributed by atoms with E-state index in [0.717, 1.165) is 31.2 Å². The standard InChI is InChI=1S/C17H26O3.3CH4/c1-4-6-11-20-17(19)14(5-2)12-13(3)15-7-9-16(18)10-8-15;;;/h7-10,13-14,18H,4-6,11-12H2,1-3H3;3*1H4. The number of hydrogen-bond acceptors (Lipinski definition) is 3. The Balaban J connectivity index is -0.00000133. The Kier molecular flexibility index (Phi) is 16.2. The van der Waals surface area contributed by atoms with Gasteiger partial charge < -0.3 is 9.84 Å². The lowest BCUT2D eigenvalue weighted by molar-refractivity contribution is -0.149. The van der Waals surface area contributed by atoms with Crippen molar-refractivity contribution in [3.8, 4) is 5.75 Å². The molecule has 0 saturated heterocycles. The average Bonchev–Trinajstić information content (AvgIpc) is 2.45. The third kappa shape index (κ3) is 9.27. The Hall–Kier alpha value is -1.51. The summed E-state index contributed by atoms with van der Waals surface area (Å²) >= 11 is 0. The molecule has 0 heterocycles. The molecule has 2 atom stereocenters. The predicted octanol–water partition coefficient (Wildman–Crippen LogP) is 6.16. The van der Waals surface area contributed by atoms with Crippen LogP contribution >= 0.6 is 0 Å². The Bertz CT molecular complexity index is 398. The van der Waals surface area contributed by atoms with E-state index in [1.165, 1.54) is 0 Å². The number of aromatic hydroxyl groups is 1. The molecule has 0 amide bonds. The van der Waals surface area contributed by atoms with Crippen LogP contribution in [0.4, 0.5) is 0 Å². The quantitative estimate of drug-likeness (QED) is 0.459. The molecule has 1 aromatic rings. The summed E-state index contributed by atoms with van der Waals surface area (Å²) in [5, 5.41) is 9.30. The molecular formula is C20H38O3. The van der Waals surface area contributed by atoms with Gasteiger partial charge in [-0.05, 0) is 42.9 Å². The maximum absolute atomic E-state index is 12.0. The van der Waals surface area contributed by atoms with Crippen molar-refractivity contribution in [2.45, 2.75) is 74.7 Å². The minimum atomic E-state index is -0.0772. The minimum Gasteiger partial charge on any atom is -0.508 e. The van der Waals surface area contributed by atoms with Crippen LogP contribution in [0, 0.1) is 5.92 Å². The molecule has 1 aromatic carbocycles. The van der Waals surface area contributed by atoms with E-state index < -0.39 is 0 Å². The van der Waals surface area contributed by atoms with Crippen LogP contribution in [-0.2, 0) is 9.53 Å². The molecular weight excluding hydrogens is 288 g/mol. The van der Waals surface area contributed by atoms with Crippen LogP contribution in [0.2, 0.25) is 0 Å². The first-order valence-corrected chi connectivity index (χ1v) is 7.54. The van der Waals surface area contributed by atoms with E-state index in [1.807, 2.05) is 19.1 Å². The van der Waals surface area contributed by atoms with Crippen molar-refractivity contribution in [1.29, 1.82) is 0 Å². The summed E-state index contributed by atoms with van der Waals surface area (Å²) in [6, 6.07) is 7.20. The fraction of sp³-hybridized carbons (Fsp3) is 0.650. The zero-order valence-electron chi connectivity index (χ0n) is 12.8. The third-order valence-electron chi connectivity index (χ3n) is 3.67. The second kappa shape index (κ2) is 14.1. The van der Waals surface area contributed by atoms with Crippen LogP contribution in [-0.4, -0.2) is 17.7 Å². The second-order valence-electron chi connectivity index (χ2n) is 5.35. The SMILES string of the molecule is C.C.C.CCCCOC(=O)C(CC)CC(C)c1ccc(O)cc1. The molecule has 0 radical (unpaired) electrons. The zero-order chi connectivity index (χ0) is 15.0. The van der Waals surface area contributed by atoms with E-state index in [4.69, 9.17) is 4.74 Å². The van der Waals surface area contributed by atoms with E-state index in [2.05, 4.69) is 13.8 Å². The van der Waals surface area contributed by atoms with Gasteiger partial charge in [-0.25, -0.2) is 0 Å². The number of unbranched alkanes of at least 4 members (excludes halogenated alkanes) is 1. The Labute approximate surface area is 144 Å². The van der Waals surface area contributed by atoms with Gasteiger partial charge in [0.15, 0.2) is 0 Å². The monoisotopic (exact) mass is 326 g/mol. The number of hydrogen-bond donors (Lipinski definition) is 1. The highest BCUT2D eigenvalue weighted by atomic mass is 16.5. The van der Waals surface area contributed by atoms with E-state index in [0.29, 0.717) is 6.61 Å². The van der Waals surface area contributed by atoms with Gasteiger partial charge in [0.1, 0.15) is 5.75 Å². The fourth-order valence-corrected chi connectivity index (χ4v) is 2.23. The molecule has 1 N–H and O–H groups in total. The van der Waals surface area contributed by atoms with Crippen LogP contribution in [0.5, 0.6) is 5.75 Å².